The van der Waals surface area contributed by atoms with E-state index in [9.17, 15) is 9.59 Å². The number of anilines is 1. The fraction of sp³-hybridized carbons (Fsp3) is 0.333. The number of hydrogen-bond donors (Lipinski definition) is 1. The van der Waals surface area contributed by atoms with Crippen LogP contribution in [0.4, 0.5) is 5.69 Å². The van der Waals surface area contributed by atoms with Crippen LogP contribution in [0.2, 0.25) is 0 Å². The second kappa shape index (κ2) is 7.80. The first-order chi connectivity index (χ1) is 13.3. The maximum absolute atomic E-state index is 12.2. The average Bonchev–Trinajstić information content (AvgIpc) is 3.08. The van der Waals surface area contributed by atoms with Crippen molar-refractivity contribution < 1.29 is 14.3 Å². The molecular weight excluding hydrogens is 356 g/mol. The molecule has 146 valence electrons. The zero-order chi connectivity index (χ0) is 20.3. The van der Waals surface area contributed by atoms with Crippen molar-refractivity contribution in [3.05, 3.63) is 53.6 Å². The quantitative estimate of drug-likeness (QED) is 0.684. The smallest absolute Gasteiger partial charge is 0.338 e. The average molecular weight is 380 g/mol. The van der Waals surface area contributed by atoms with E-state index in [4.69, 9.17) is 4.74 Å². The van der Waals surface area contributed by atoms with Crippen molar-refractivity contribution in [1.29, 1.82) is 0 Å². The van der Waals surface area contributed by atoms with E-state index in [1.807, 2.05) is 31.2 Å². The first-order valence-corrected chi connectivity index (χ1v) is 9.18. The largest absolute Gasteiger partial charge is 0.452 e. The van der Waals surface area contributed by atoms with E-state index in [-0.39, 0.29) is 12.0 Å². The van der Waals surface area contributed by atoms with Gasteiger partial charge in [-0.2, -0.15) is 0 Å². The Morgan fingerprint density at radius 2 is 1.82 bits per heavy atom. The van der Waals surface area contributed by atoms with Gasteiger partial charge in [0, 0.05) is 12.2 Å². The summed E-state index contributed by atoms with van der Waals surface area (Å²) in [4.78, 5) is 24.3. The summed E-state index contributed by atoms with van der Waals surface area (Å²) >= 11 is 0. The number of carbonyl (C=O) groups is 2. The van der Waals surface area contributed by atoms with E-state index in [0.717, 1.165) is 5.52 Å². The molecule has 0 radical (unpaired) electrons. The van der Waals surface area contributed by atoms with Crippen LogP contribution in [0.5, 0.6) is 0 Å². The Labute approximate surface area is 163 Å². The predicted molar refractivity (Wildman–Crippen MR) is 107 cm³/mol. The topological polar surface area (TPSA) is 86.1 Å². The highest BCUT2D eigenvalue weighted by Gasteiger charge is 2.15. The third-order valence-electron chi connectivity index (χ3n) is 4.42. The van der Waals surface area contributed by atoms with Crippen LogP contribution in [-0.4, -0.2) is 33.5 Å². The van der Waals surface area contributed by atoms with Gasteiger partial charge in [-0.3, -0.25) is 4.79 Å². The van der Waals surface area contributed by atoms with Crippen molar-refractivity contribution in [3.8, 4) is 0 Å². The third kappa shape index (κ3) is 4.36. The molecule has 0 spiro atoms. The zero-order valence-corrected chi connectivity index (χ0v) is 16.5. The highest BCUT2D eigenvalue weighted by atomic mass is 16.5. The molecule has 0 unspecified atom stereocenters. The summed E-state index contributed by atoms with van der Waals surface area (Å²) in [6.45, 7) is 8.67. The van der Waals surface area contributed by atoms with Gasteiger partial charge in [0.25, 0.3) is 5.91 Å². The molecule has 1 amide bonds. The molecule has 28 heavy (non-hydrogen) atoms. The van der Waals surface area contributed by atoms with Crippen LogP contribution in [0.25, 0.3) is 11.0 Å². The van der Waals surface area contributed by atoms with E-state index < -0.39 is 11.9 Å². The number of aromatic nitrogens is 3. The lowest BCUT2D eigenvalue weighted by Crippen LogP contribution is -2.21. The minimum Gasteiger partial charge on any atom is -0.452 e. The summed E-state index contributed by atoms with van der Waals surface area (Å²) in [5.41, 5.74) is 3.66. The minimum atomic E-state index is -0.578. The summed E-state index contributed by atoms with van der Waals surface area (Å²) in [5, 5.41) is 10.8. The lowest BCUT2D eigenvalue weighted by Gasteiger charge is -2.19. The zero-order valence-electron chi connectivity index (χ0n) is 16.5. The molecule has 1 N–H and O–H groups in total. The minimum absolute atomic E-state index is 0.0433. The van der Waals surface area contributed by atoms with E-state index in [1.54, 1.807) is 22.9 Å². The molecule has 1 aromatic heterocycles. The van der Waals surface area contributed by atoms with Gasteiger partial charge in [0.05, 0.1) is 11.1 Å². The number of hydrogen-bond acceptors (Lipinski definition) is 5. The first-order valence-electron chi connectivity index (χ1n) is 9.18. The lowest BCUT2D eigenvalue weighted by molar-refractivity contribution is -0.119. The van der Waals surface area contributed by atoms with Gasteiger partial charge in [0.2, 0.25) is 0 Å². The number of ether oxygens (including phenoxy) is 1. The van der Waals surface area contributed by atoms with Crippen LogP contribution in [0.1, 0.15) is 43.6 Å². The number of nitrogens with zero attached hydrogens (tertiary/aromatic N) is 3. The summed E-state index contributed by atoms with van der Waals surface area (Å²) < 4.78 is 6.86. The molecule has 0 bridgehead atoms. The number of carbonyl (C=O) groups excluding carboxylic acids is 2. The second-order valence-electron chi connectivity index (χ2n) is 7.56. The molecule has 0 aliphatic rings. The molecule has 3 rings (SSSR count). The van der Waals surface area contributed by atoms with E-state index in [0.29, 0.717) is 23.3 Å². The molecule has 0 aliphatic carbocycles. The molecule has 7 heteroatoms. The summed E-state index contributed by atoms with van der Waals surface area (Å²) in [6.07, 6.45) is 0. The number of benzene rings is 2. The van der Waals surface area contributed by atoms with Crippen molar-refractivity contribution in [3.63, 3.8) is 0 Å². The monoisotopic (exact) mass is 380 g/mol. The fourth-order valence-electron chi connectivity index (χ4n) is 2.80. The Bertz CT molecular complexity index is 1000. The van der Waals surface area contributed by atoms with Crippen LogP contribution in [0, 0.1) is 0 Å². The third-order valence-corrected chi connectivity index (χ3v) is 4.42. The van der Waals surface area contributed by atoms with Crippen LogP contribution in [0.15, 0.2) is 42.5 Å². The van der Waals surface area contributed by atoms with E-state index in [2.05, 4.69) is 36.4 Å². The van der Waals surface area contributed by atoms with E-state index >= 15 is 0 Å². The molecule has 2 aromatic carbocycles. The Morgan fingerprint density at radius 1 is 1.11 bits per heavy atom. The number of rotatable bonds is 5. The summed E-state index contributed by atoms with van der Waals surface area (Å²) in [7, 11) is 0. The van der Waals surface area contributed by atoms with Gasteiger partial charge in [0.15, 0.2) is 6.61 Å². The van der Waals surface area contributed by atoms with Gasteiger partial charge in [-0.25, -0.2) is 9.48 Å². The molecule has 1 heterocycles. The fourth-order valence-corrected chi connectivity index (χ4v) is 2.80. The van der Waals surface area contributed by atoms with Gasteiger partial charge >= 0.3 is 5.97 Å². The molecule has 0 saturated heterocycles. The second-order valence-corrected chi connectivity index (χ2v) is 7.56. The Balaban J connectivity index is 1.57. The van der Waals surface area contributed by atoms with Crippen LogP contribution in [-0.2, 0) is 21.5 Å². The summed E-state index contributed by atoms with van der Waals surface area (Å²) in [5.74, 6) is -0.971. The number of amides is 1. The standard InChI is InChI=1S/C21H24N4O3/c1-5-25-18-11-6-14(12-17(18)23-24-25)20(27)28-13-19(26)22-16-9-7-15(8-10-16)21(2,3)4/h6-12H,5,13H2,1-4H3,(H,22,26). The predicted octanol–water partition coefficient (Wildman–Crippen LogP) is 3.54. The van der Waals surface area contributed by atoms with Crippen molar-refractivity contribution in [2.45, 2.75) is 39.7 Å². The number of nitrogens with one attached hydrogen (secondary N) is 1. The maximum Gasteiger partial charge on any atom is 0.338 e. The molecule has 7 nitrogen and oxygen atoms in total. The van der Waals surface area contributed by atoms with Crippen LogP contribution < -0.4 is 5.32 Å². The van der Waals surface area contributed by atoms with Gasteiger partial charge in [-0.15, -0.1) is 5.10 Å². The molecule has 0 aliphatic heterocycles. The van der Waals surface area contributed by atoms with Crippen molar-refractivity contribution in [2.75, 3.05) is 11.9 Å². The van der Waals surface area contributed by atoms with Crippen molar-refractivity contribution in [1.82, 2.24) is 15.0 Å². The Morgan fingerprint density at radius 3 is 2.46 bits per heavy atom. The highest BCUT2D eigenvalue weighted by Crippen LogP contribution is 2.23. The first kappa shape index (κ1) is 19.5. The molecular formula is C21H24N4O3. The van der Waals surface area contributed by atoms with E-state index in [1.165, 1.54) is 5.56 Å². The molecule has 0 atom stereocenters. The van der Waals surface area contributed by atoms with Crippen molar-refractivity contribution in [2.24, 2.45) is 0 Å². The van der Waals surface area contributed by atoms with Crippen LogP contribution in [0.3, 0.4) is 0 Å². The maximum atomic E-state index is 12.2. The lowest BCUT2D eigenvalue weighted by atomic mass is 9.87. The highest BCUT2D eigenvalue weighted by molar-refractivity contribution is 5.97. The van der Waals surface area contributed by atoms with Gasteiger partial charge in [-0.05, 0) is 48.2 Å². The Kier molecular flexibility index (Phi) is 5.44. The van der Waals surface area contributed by atoms with Crippen LogP contribution >= 0.6 is 0 Å². The normalized spacial score (nSPS) is 11.4. The molecule has 0 fully saturated rings. The SMILES string of the molecule is CCn1nnc2cc(C(=O)OCC(=O)Nc3ccc(C(C)(C)C)cc3)ccc21. The Hall–Kier alpha value is -3.22. The van der Waals surface area contributed by atoms with Gasteiger partial charge in [0.1, 0.15) is 5.52 Å². The summed E-state index contributed by atoms with van der Waals surface area (Å²) in [6, 6.07) is 12.6. The molecule has 0 saturated carbocycles. The number of esters is 1. The number of aryl methyl sites for hydroxylation is 1. The van der Waals surface area contributed by atoms with Gasteiger partial charge in [-0.1, -0.05) is 38.1 Å². The van der Waals surface area contributed by atoms with Gasteiger partial charge < -0.3 is 10.1 Å². The van der Waals surface area contributed by atoms with Crippen molar-refractivity contribution >= 4 is 28.6 Å². The number of fused-ring (bicyclic) bond motifs is 1. The molecule has 3 aromatic rings.